The van der Waals surface area contributed by atoms with Gasteiger partial charge in [-0.05, 0) is 87.0 Å². The highest BCUT2D eigenvalue weighted by atomic mass is 32.1. The number of hydrogen-bond donors (Lipinski definition) is 0. The van der Waals surface area contributed by atoms with E-state index in [2.05, 4.69) is 98.8 Å². The Kier molecular flexibility index (Phi) is 5.01. The van der Waals surface area contributed by atoms with Crippen molar-refractivity contribution < 1.29 is 4.42 Å². The third kappa shape index (κ3) is 3.49. The summed E-state index contributed by atoms with van der Waals surface area (Å²) in [6.07, 6.45) is 0. The van der Waals surface area contributed by atoms with Crippen LogP contribution in [0.5, 0.6) is 0 Å². The number of rotatable bonds is 2. The molecule has 0 atom stereocenters. The molecule has 0 fully saturated rings. The van der Waals surface area contributed by atoms with E-state index in [1.165, 1.54) is 53.6 Å². The van der Waals surface area contributed by atoms with Crippen LogP contribution in [0.25, 0.3) is 75.5 Å². The van der Waals surface area contributed by atoms with Gasteiger partial charge in [0.2, 0.25) is 5.43 Å². The Labute approximate surface area is 252 Å². The third-order valence-corrected chi connectivity index (χ3v) is 10.5. The van der Waals surface area contributed by atoms with Crippen LogP contribution in [0, 0.1) is 0 Å². The van der Waals surface area contributed by atoms with Gasteiger partial charge in [-0.2, -0.15) is 0 Å². The molecule has 6 aromatic carbocycles. The quantitative estimate of drug-likeness (QED) is 0.194. The van der Waals surface area contributed by atoms with Gasteiger partial charge in [-0.15, -0.1) is 11.3 Å². The summed E-state index contributed by atoms with van der Waals surface area (Å²) in [6.45, 7) is 4.63. The fraction of sp³-hybridized carbons (Fsp3) is 0.0750. The molecule has 1 aliphatic rings. The molecule has 2 nitrogen and oxygen atoms in total. The average Bonchev–Trinajstić information content (AvgIpc) is 3.53. The van der Waals surface area contributed by atoms with Gasteiger partial charge in [0, 0.05) is 25.6 Å². The number of thiophene rings is 1. The Hall–Kier alpha value is -4.99. The molecule has 0 spiro atoms. The van der Waals surface area contributed by atoms with E-state index in [0.29, 0.717) is 21.9 Å². The first-order valence-corrected chi connectivity index (χ1v) is 15.4. The van der Waals surface area contributed by atoms with E-state index in [-0.39, 0.29) is 10.8 Å². The molecule has 0 radical (unpaired) electrons. The number of fused-ring (bicyclic) bond motifs is 8. The van der Waals surface area contributed by atoms with E-state index in [1.807, 2.05) is 47.7 Å². The Balaban J connectivity index is 1.21. The van der Waals surface area contributed by atoms with Crippen molar-refractivity contribution in [3.63, 3.8) is 0 Å². The van der Waals surface area contributed by atoms with Crippen LogP contribution >= 0.6 is 11.3 Å². The molecular weight excluding hydrogens is 545 g/mol. The molecule has 0 saturated carbocycles. The SMILES string of the molecule is CC1(C)c2ccc(-c3ccc4oc5ccccc5c(=O)c4c3)cc2-c2cc(-c3cccc4c3sc3ccccc34)ccc21. The summed E-state index contributed by atoms with van der Waals surface area (Å²) in [6, 6.07) is 42.5. The number of para-hydroxylation sites is 1. The zero-order valence-corrected chi connectivity index (χ0v) is 24.6. The summed E-state index contributed by atoms with van der Waals surface area (Å²) in [5.74, 6) is 0. The van der Waals surface area contributed by atoms with Crippen molar-refractivity contribution in [2.45, 2.75) is 19.3 Å². The lowest BCUT2D eigenvalue weighted by atomic mass is 9.82. The minimum Gasteiger partial charge on any atom is -0.456 e. The van der Waals surface area contributed by atoms with Gasteiger partial charge in [0.15, 0.2) is 0 Å². The molecule has 2 aromatic heterocycles. The largest absolute Gasteiger partial charge is 0.456 e. The van der Waals surface area contributed by atoms with Gasteiger partial charge < -0.3 is 4.42 Å². The minimum absolute atomic E-state index is 0.00592. The summed E-state index contributed by atoms with van der Waals surface area (Å²) in [5, 5.41) is 3.85. The van der Waals surface area contributed by atoms with Crippen LogP contribution in [0.4, 0.5) is 0 Å². The number of benzene rings is 6. The van der Waals surface area contributed by atoms with Crippen molar-refractivity contribution in [1.82, 2.24) is 0 Å². The molecule has 0 saturated heterocycles. The summed E-state index contributed by atoms with van der Waals surface area (Å²) in [5.41, 5.74) is 11.0. The Morgan fingerprint density at radius 3 is 2.00 bits per heavy atom. The van der Waals surface area contributed by atoms with Crippen LogP contribution in [0.1, 0.15) is 25.0 Å². The van der Waals surface area contributed by atoms with Crippen molar-refractivity contribution in [2.24, 2.45) is 0 Å². The van der Waals surface area contributed by atoms with Gasteiger partial charge in [-0.1, -0.05) is 92.7 Å². The highest BCUT2D eigenvalue weighted by molar-refractivity contribution is 7.26. The smallest absolute Gasteiger partial charge is 0.200 e. The molecule has 0 amide bonds. The molecule has 2 heterocycles. The zero-order chi connectivity index (χ0) is 28.9. The van der Waals surface area contributed by atoms with E-state index in [9.17, 15) is 4.79 Å². The standard InChI is InChI=1S/C40H26O2S/c1-40(2)33-17-14-23(24-16-19-36-32(21-24)38(41)29-9-3-5-12-35(29)42-36)20-30(33)31-22-25(15-18-34(31)40)26-10-7-11-28-27-8-4-6-13-37(27)43-39(26)28/h3-22H,1-2H3. The molecule has 3 heteroatoms. The maximum atomic E-state index is 13.4. The molecule has 8 aromatic rings. The van der Waals surface area contributed by atoms with Crippen LogP contribution < -0.4 is 5.43 Å². The molecule has 204 valence electrons. The van der Waals surface area contributed by atoms with Gasteiger partial charge in [0.1, 0.15) is 11.2 Å². The van der Waals surface area contributed by atoms with E-state index in [1.54, 1.807) is 0 Å². The van der Waals surface area contributed by atoms with Crippen LogP contribution in [-0.4, -0.2) is 0 Å². The molecular formula is C40H26O2S. The van der Waals surface area contributed by atoms with Crippen molar-refractivity contribution in [1.29, 1.82) is 0 Å². The first kappa shape index (κ1) is 24.6. The lowest BCUT2D eigenvalue weighted by Crippen LogP contribution is -2.14. The second-order valence-corrected chi connectivity index (χ2v) is 13.1. The van der Waals surface area contributed by atoms with Crippen LogP contribution in [0.15, 0.2) is 131 Å². The molecule has 1 aliphatic carbocycles. The summed E-state index contributed by atoms with van der Waals surface area (Å²) in [4.78, 5) is 13.4. The molecule has 0 aliphatic heterocycles. The Morgan fingerprint density at radius 2 is 1.16 bits per heavy atom. The molecule has 9 rings (SSSR count). The minimum atomic E-state index is -0.102. The highest BCUT2D eigenvalue weighted by Crippen LogP contribution is 2.51. The first-order valence-electron chi connectivity index (χ1n) is 14.6. The Morgan fingerprint density at radius 1 is 0.535 bits per heavy atom. The highest BCUT2D eigenvalue weighted by Gasteiger charge is 2.35. The lowest BCUT2D eigenvalue weighted by molar-refractivity contribution is 0.660. The lowest BCUT2D eigenvalue weighted by Gasteiger charge is -2.21. The maximum absolute atomic E-state index is 13.4. The summed E-state index contributed by atoms with van der Waals surface area (Å²) in [7, 11) is 0. The predicted molar refractivity (Wildman–Crippen MR) is 181 cm³/mol. The van der Waals surface area contributed by atoms with Crippen molar-refractivity contribution >= 4 is 53.4 Å². The van der Waals surface area contributed by atoms with Gasteiger partial charge in [0.25, 0.3) is 0 Å². The predicted octanol–water partition coefficient (Wildman–Crippen LogP) is 11.0. The van der Waals surface area contributed by atoms with Gasteiger partial charge >= 0.3 is 0 Å². The second-order valence-electron chi connectivity index (χ2n) is 12.1. The normalized spacial score (nSPS) is 13.6. The van der Waals surface area contributed by atoms with E-state index in [0.717, 1.165) is 11.1 Å². The zero-order valence-electron chi connectivity index (χ0n) is 23.8. The third-order valence-electron chi connectivity index (χ3n) is 9.30. The van der Waals surface area contributed by atoms with E-state index in [4.69, 9.17) is 4.42 Å². The Bertz CT molecular complexity index is 2510. The number of hydrogen-bond acceptors (Lipinski definition) is 3. The van der Waals surface area contributed by atoms with Gasteiger partial charge in [0.05, 0.1) is 10.8 Å². The molecule has 0 bridgehead atoms. The van der Waals surface area contributed by atoms with Crippen LogP contribution in [0.3, 0.4) is 0 Å². The van der Waals surface area contributed by atoms with Gasteiger partial charge in [-0.3, -0.25) is 4.79 Å². The first-order chi connectivity index (χ1) is 21.0. The monoisotopic (exact) mass is 570 g/mol. The van der Waals surface area contributed by atoms with Crippen molar-refractivity contribution in [3.05, 3.63) is 143 Å². The topological polar surface area (TPSA) is 30.2 Å². The summed E-state index contributed by atoms with van der Waals surface area (Å²) >= 11 is 1.87. The van der Waals surface area contributed by atoms with Crippen molar-refractivity contribution in [2.75, 3.05) is 0 Å². The maximum Gasteiger partial charge on any atom is 0.200 e. The van der Waals surface area contributed by atoms with E-state index >= 15 is 0 Å². The van der Waals surface area contributed by atoms with Gasteiger partial charge in [-0.25, -0.2) is 0 Å². The molecule has 0 N–H and O–H groups in total. The van der Waals surface area contributed by atoms with Crippen LogP contribution in [-0.2, 0) is 5.41 Å². The summed E-state index contributed by atoms with van der Waals surface area (Å²) < 4.78 is 8.72. The molecule has 43 heavy (non-hydrogen) atoms. The van der Waals surface area contributed by atoms with Crippen LogP contribution in [0.2, 0.25) is 0 Å². The second kappa shape index (κ2) is 8.76. The average molecular weight is 571 g/mol. The van der Waals surface area contributed by atoms with E-state index < -0.39 is 0 Å². The fourth-order valence-electron chi connectivity index (χ4n) is 7.07. The fourth-order valence-corrected chi connectivity index (χ4v) is 8.31. The van der Waals surface area contributed by atoms with Crippen molar-refractivity contribution in [3.8, 4) is 33.4 Å². The molecule has 0 unspecified atom stereocenters.